The summed E-state index contributed by atoms with van der Waals surface area (Å²) in [7, 11) is 3.95. The predicted molar refractivity (Wildman–Crippen MR) is 127 cm³/mol. The molecule has 2 aliphatic heterocycles. The van der Waals surface area contributed by atoms with Gasteiger partial charge < -0.3 is 35.4 Å². The number of carbonyl (C=O) groups is 1. The molecule has 32 heavy (non-hydrogen) atoms. The molecule has 0 unspecified atom stereocenters. The summed E-state index contributed by atoms with van der Waals surface area (Å²) in [5.41, 5.74) is 1.91. The van der Waals surface area contributed by atoms with E-state index in [1.165, 1.54) is 0 Å². The van der Waals surface area contributed by atoms with Gasteiger partial charge in [-0.25, -0.2) is 0 Å². The number of anilines is 2. The highest BCUT2D eigenvalue weighted by Gasteiger charge is 2.53. The Hall–Kier alpha value is -1.98. The molecule has 4 rings (SSSR count). The Labute approximate surface area is 194 Å². The topological polar surface area (TPSA) is 101 Å². The van der Waals surface area contributed by atoms with Crippen molar-refractivity contribution in [2.45, 2.75) is 30.7 Å². The summed E-state index contributed by atoms with van der Waals surface area (Å²) in [6.45, 7) is 4.45. The van der Waals surface area contributed by atoms with Gasteiger partial charge in [0.15, 0.2) is 5.11 Å². The summed E-state index contributed by atoms with van der Waals surface area (Å²) in [6.07, 6.45) is -1.80. The van der Waals surface area contributed by atoms with Crippen molar-refractivity contribution in [1.82, 2.24) is 15.5 Å². The van der Waals surface area contributed by atoms with Crippen molar-refractivity contribution in [1.29, 1.82) is 0 Å². The van der Waals surface area contributed by atoms with Crippen molar-refractivity contribution in [2.24, 2.45) is 5.92 Å². The Morgan fingerprint density at radius 2 is 1.94 bits per heavy atom. The molecule has 5 atom stereocenters. The normalized spacial score (nSPS) is 30.6. The number of ether oxygens (including phenoxy) is 1. The number of aliphatic hydroxyl groups excluding tert-OH is 2. The molecule has 3 aliphatic rings. The third-order valence-corrected chi connectivity index (χ3v) is 6.97. The second-order valence-electron chi connectivity index (χ2n) is 8.89. The van der Waals surface area contributed by atoms with Crippen LogP contribution in [0.2, 0.25) is 0 Å². The number of thiocarbonyl (C=S) groups is 1. The van der Waals surface area contributed by atoms with Crippen LogP contribution in [0.3, 0.4) is 0 Å². The van der Waals surface area contributed by atoms with Crippen molar-refractivity contribution >= 4 is 34.6 Å². The summed E-state index contributed by atoms with van der Waals surface area (Å²) < 4.78 is 5.37. The minimum absolute atomic E-state index is 0.124. The summed E-state index contributed by atoms with van der Waals surface area (Å²) in [5.74, 6) is -0.634. The average Bonchev–Trinajstić information content (AvgIpc) is 3.14. The molecule has 4 N–H and O–H groups in total. The molecule has 1 aliphatic carbocycles. The highest BCUT2D eigenvalue weighted by molar-refractivity contribution is 7.80. The van der Waals surface area contributed by atoms with Crippen LogP contribution in [0.5, 0.6) is 0 Å². The summed E-state index contributed by atoms with van der Waals surface area (Å²) in [5, 5.41) is 27.7. The number of hydrogen-bond acceptors (Lipinski definition) is 7. The zero-order chi connectivity index (χ0) is 22.8. The van der Waals surface area contributed by atoms with E-state index in [-0.39, 0.29) is 18.4 Å². The Kier molecular flexibility index (Phi) is 7.16. The second-order valence-corrected chi connectivity index (χ2v) is 9.28. The number of carbonyl (C=O) groups excluding carboxylic acids is 1. The van der Waals surface area contributed by atoms with Gasteiger partial charge in [-0.05, 0) is 42.9 Å². The molecule has 0 radical (unpaired) electrons. The van der Waals surface area contributed by atoms with Crippen LogP contribution in [0, 0.1) is 5.92 Å². The lowest BCUT2D eigenvalue weighted by Gasteiger charge is -2.41. The molecule has 1 amide bonds. The van der Waals surface area contributed by atoms with E-state index in [1.807, 2.05) is 48.2 Å². The van der Waals surface area contributed by atoms with E-state index in [0.717, 1.165) is 44.2 Å². The predicted octanol–water partition coefficient (Wildman–Crippen LogP) is -0.626. The molecule has 1 aromatic carbocycles. The van der Waals surface area contributed by atoms with Gasteiger partial charge in [0.25, 0.3) is 0 Å². The summed E-state index contributed by atoms with van der Waals surface area (Å²) in [6, 6.07) is 7.03. The van der Waals surface area contributed by atoms with E-state index < -0.39 is 24.2 Å². The molecule has 3 fully saturated rings. The molecule has 0 aromatic heterocycles. The van der Waals surface area contributed by atoms with Crippen molar-refractivity contribution in [3.63, 3.8) is 0 Å². The van der Waals surface area contributed by atoms with E-state index in [1.54, 1.807) is 0 Å². The maximum Gasteiger partial charge on any atom is 0.225 e. The van der Waals surface area contributed by atoms with E-state index >= 15 is 0 Å². The largest absolute Gasteiger partial charge is 0.390 e. The Bertz CT molecular complexity index is 817. The first-order valence-corrected chi connectivity index (χ1v) is 11.6. The number of fused-ring (bicyclic) bond motifs is 1. The van der Waals surface area contributed by atoms with E-state index in [9.17, 15) is 15.0 Å². The Morgan fingerprint density at radius 1 is 1.25 bits per heavy atom. The van der Waals surface area contributed by atoms with Gasteiger partial charge in [-0.15, -0.1) is 0 Å². The third-order valence-electron chi connectivity index (χ3n) is 6.66. The van der Waals surface area contributed by atoms with Crippen LogP contribution in [0.4, 0.5) is 11.4 Å². The van der Waals surface area contributed by atoms with Crippen LogP contribution in [-0.2, 0) is 9.53 Å². The number of rotatable bonds is 6. The van der Waals surface area contributed by atoms with Gasteiger partial charge in [-0.2, -0.15) is 0 Å². The lowest BCUT2D eigenvalue weighted by molar-refractivity contribution is -0.131. The minimum atomic E-state index is -0.999. The number of aliphatic hydroxyl groups is 2. The van der Waals surface area contributed by atoms with Crippen molar-refractivity contribution in [3.05, 3.63) is 24.3 Å². The van der Waals surface area contributed by atoms with E-state index in [2.05, 4.69) is 15.5 Å². The van der Waals surface area contributed by atoms with Crippen LogP contribution in [0.25, 0.3) is 0 Å². The SMILES string of the molecule is CN(C)c1ccc(N2C(=S)N[C@H]3[C@@H](O)[C@H](O)C[C@@H](C(=O)NCCN4CCOCC4)[C@H]32)cc1. The minimum Gasteiger partial charge on any atom is -0.390 e. The van der Waals surface area contributed by atoms with Crippen LogP contribution in [-0.4, -0.2) is 104 Å². The van der Waals surface area contributed by atoms with E-state index in [4.69, 9.17) is 17.0 Å². The number of benzene rings is 1. The standard InChI is InChI=1S/C22H33N5O4S/c1-25(2)14-3-5-15(6-4-14)27-19-16(13-17(28)20(29)18(19)24-22(27)32)21(30)23-7-8-26-9-11-31-12-10-26/h3-6,16-20,28-29H,7-13H2,1-2H3,(H,23,30)(H,24,32)/t16-,17-,18-,19-,20+/m1/s1. The molecule has 2 heterocycles. The highest BCUT2D eigenvalue weighted by atomic mass is 32.1. The molecule has 9 nitrogen and oxygen atoms in total. The number of amides is 1. The lowest BCUT2D eigenvalue weighted by Crippen LogP contribution is -2.61. The first kappa shape index (κ1) is 23.2. The third kappa shape index (κ3) is 4.69. The zero-order valence-electron chi connectivity index (χ0n) is 18.6. The molecule has 176 valence electrons. The van der Waals surface area contributed by atoms with Gasteiger partial charge in [0, 0.05) is 51.6 Å². The van der Waals surface area contributed by atoms with Crippen molar-refractivity contribution in [2.75, 3.05) is 63.3 Å². The van der Waals surface area contributed by atoms with Crippen LogP contribution < -0.4 is 20.4 Å². The maximum absolute atomic E-state index is 13.2. The van der Waals surface area contributed by atoms with Gasteiger partial charge in [0.2, 0.25) is 5.91 Å². The molecular weight excluding hydrogens is 430 g/mol. The molecule has 10 heteroatoms. The van der Waals surface area contributed by atoms with Crippen molar-refractivity contribution in [3.8, 4) is 0 Å². The molecule has 0 spiro atoms. The Morgan fingerprint density at radius 3 is 2.59 bits per heavy atom. The number of nitrogens with one attached hydrogen (secondary N) is 2. The van der Waals surface area contributed by atoms with Crippen LogP contribution >= 0.6 is 12.2 Å². The lowest BCUT2D eigenvalue weighted by atomic mass is 9.77. The highest BCUT2D eigenvalue weighted by Crippen LogP contribution is 2.37. The maximum atomic E-state index is 13.2. The van der Waals surface area contributed by atoms with Gasteiger partial charge in [-0.1, -0.05) is 0 Å². The van der Waals surface area contributed by atoms with Gasteiger partial charge >= 0.3 is 0 Å². The molecule has 2 saturated heterocycles. The van der Waals surface area contributed by atoms with Crippen LogP contribution in [0.1, 0.15) is 6.42 Å². The fraction of sp³-hybridized carbons (Fsp3) is 0.636. The summed E-state index contributed by atoms with van der Waals surface area (Å²) in [4.78, 5) is 19.4. The first-order chi connectivity index (χ1) is 15.4. The fourth-order valence-corrected chi connectivity index (χ4v) is 5.21. The average molecular weight is 464 g/mol. The van der Waals surface area contributed by atoms with Gasteiger partial charge in [0.1, 0.15) is 6.10 Å². The quantitative estimate of drug-likeness (QED) is 0.411. The molecule has 0 bridgehead atoms. The number of hydrogen-bond donors (Lipinski definition) is 4. The Balaban J connectivity index is 1.50. The molecule has 1 aromatic rings. The van der Waals surface area contributed by atoms with E-state index in [0.29, 0.717) is 11.7 Å². The van der Waals surface area contributed by atoms with Gasteiger partial charge in [0.05, 0.1) is 37.3 Å². The molecular formula is C22H33N5O4S. The smallest absolute Gasteiger partial charge is 0.225 e. The van der Waals surface area contributed by atoms with Crippen LogP contribution in [0.15, 0.2) is 24.3 Å². The second kappa shape index (κ2) is 9.88. The number of nitrogens with zero attached hydrogens (tertiary/aromatic N) is 3. The summed E-state index contributed by atoms with van der Waals surface area (Å²) >= 11 is 5.59. The van der Waals surface area contributed by atoms with Crippen molar-refractivity contribution < 1.29 is 19.7 Å². The zero-order valence-corrected chi connectivity index (χ0v) is 19.4. The monoisotopic (exact) mass is 463 g/mol. The first-order valence-electron chi connectivity index (χ1n) is 11.2. The van der Waals surface area contributed by atoms with Gasteiger partial charge in [-0.3, -0.25) is 9.69 Å². The number of morpholine rings is 1. The fourth-order valence-electron chi connectivity index (χ4n) is 4.85. The molecule has 1 saturated carbocycles.